The molecular weight excluding hydrogens is 526 g/mol. The van der Waals surface area contributed by atoms with Gasteiger partial charge in [0.05, 0.1) is 18.1 Å². The van der Waals surface area contributed by atoms with E-state index < -0.39 is 17.3 Å². The lowest BCUT2D eigenvalue weighted by molar-refractivity contribution is -1.19. The van der Waals surface area contributed by atoms with E-state index in [9.17, 15) is 20.0 Å². The summed E-state index contributed by atoms with van der Waals surface area (Å²) in [6, 6.07) is 8.47. The number of quaternary nitrogens is 1. The summed E-state index contributed by atoms with van der Waals surface area (Å²) >= 11 is 0. The van der Waals surface area contributed by atoms with Gasteiger partial charge in [0.15, 0.2) is 11.5 Å². The van der Waals surface area contributed by atoms with E-state index >= 15 is 0 Å². The maximum absolute atomic E-state index is 13.9. The normalized spacial score (nSPS) is 21.6. The zero-order valence-electron chi connectivity index (χ0n) is 23.4. The molecule has 214 valence electrons. The van der Waals surface area contributed by atoms with Crippen LogP contribution in [0.1, 0.15) is 56.3 Å². The number of methoxy groups -OCH3 is 1. The lowest BCUT2D eigenvalue weighted by atomic mass is 9.94. The molecule has 0 saturated heterocycles. The molecule has 0 fully saturated rings. The molecule has 1 aliphatic heterocycles. The molecule has 1 aliphatic carbocycles. The van der Waals surface area contributed by atoms with Crippen LogP contribution in [-0.2, 0) is 9.53 Å². The molecule has 0 spiro atoms. The van der Waals surface area contributed by atoms with E-state index in [-0.39, 0.29) is 23.4 Å². The largest absolute Gasteiger partial charge is 0.496 e. The number of ether oxygens (including phenoxy) is 4. The Bertz CT molecular complexity index is 1600. The maximum Gasteiger partial charge on any atom is 0.339 e. The van der Waals surface area contributed by atoms with Crippen molar-refractivity contribution in [2.75, 3.05) is 13.9 Å². The summed E-state index contributed by atoms with van der Waals surface area (Å²) in [4.78, 5) is 25.8. The smallest absolute Gasteiger partial charge is 0.339 e. The lowest BCUT2D eigenvalue weighted by Gasteiger charge is -2.19. The maximum atomic E-state index is 13.9. The summed E-state index contributed by atoms with van der Waals surface area (Å²) in [5.41, 5.74) is 2.96. The molecule has 0 bridgehead atoms. The molecule has 0 aromatic heterocycles. The van der Waals surface area contributed by atoms with Crippen molar-refractivity contribution in [3.63, 3.8) is 0 Å². The van der Waals surface area contributed by atoms with Crippen LogP contribution in [0.2, 0.25) is 0 Å². The van der Waals surface area contributed by atoms with E-state index in [4.69, 9.17) is 18.9 Å². The highest BCUT2D eigenvalue weighted by atomic mass is 16.8. The quantitative estimate of drug-likeness (QED) is 0.123. The van der Waals surface area contributed by atoms with Crippen molar-refractivity contribution in [2.24, 2.45) is 0 Å². The zero-order chi connectivity index (χ0) is 29.1. The van der Waals surface area contributed by atoms with Gasteiger partial charge in [-0.05, 0) is 73.9 Å². The van der Waals surface area contributed by atoms with Gasteiger partial charge in [0, 0.05) is 23.3 Å². The summed E-state index contributed by atoms with van der Waals surface area (Å²) in [6.07, 6.45) is 9.54. The molecular formula is C32H34NO8+. The first-order valence-electron chi connectivity index (χ1n) is 13.6. The van der Waals surface area contributed by atoms with E-state index in [1.54, 1.807) is 24.3 Å². The third kappa shape index (κ3) is 5.83. The second-order valence-electron chi connectivity index (χ2n) is 10.4. The van der Waals surface area contributed by atoms with Gasteiger partial charge >= 0.3 is 5.97 Å². The van der Waals surface area contributed by atoms with Gasteiger partial charge in [0.2, 0.25) is 12.5 Å². The first-order chi connectivity index (χ1) is 19.8. The number of hydrogen-bond donors (Lipinski definition) is 3. The molecule has 3 N–H and O–H groups in total. The first-order valence-corrected chi connectivity index (χ1v) is 13.6. The van der Waals surface area contributed by atoms with E-state index in [0.29, 0.717) is 51.8 Å². The third-order valence-electron chi connectivity index (χ3n) is 7.53. The lowest BCUT2D eigenvalue weighted by Crippen LogP contribution is -3.02. The fourth-order valence-electron chi connectivity index (χ4n) is 5.51. The van der Waals surface area contributed by atoms with Gasteiger partial charge in [0.25, 0.3) is 0 Å². The summed E-state index contributed by atoms with van der Waals surface area (Å²) in [5, 5.41) is 21.8. The molecule has 0 saturated carbocycles. The van der Waals surface area contributed by atoms with Crippen molar-refractivity contribution in [1.29, 1.82) is 0 Å². The number of benzene rings is 3. The van der Waals surface area contributed by atoms with Crippen molar-refractivity contribution in [3.05, 3.63) is 70.8 Å². The van der Waals surface area contributed by atoms with Crippen LogP contribution in [0.15, 0.2) is 65.3 Å². The summed E-state index contributed by atoms with van der Waals surface area (Å²) in [6.45, 7) is 4.01. The number of rotatable bonds is 5. The Balaban J connectivity index is 1.65. The van der Waals surface area contributed by atoms with Crippen LogP contribution in [0.3, 0.4) is 0 Å². The predicted molar refractivity (Wildman–Crippen MR) is 152 cm³/mol. The van der Waals surface area contributed by atoms with Gasteiger partial charge in [-0.2, -0.15) is 10.4 Å². The fraction of sp³-hybridized carbons (Fsp3) is 0.312. The summed E-state index contributed by atoms with van der Waals surface area (Å²) in [5.74, 6) is 0.540. The number of aldehydes is 1. The summed E-state index contributed by atoms with van der Waals surface area (Å²) in [7, 11) is 1.52. The molecule has 9 heteroatoms. The Morgan fingerprint density at radius 2 is 1.80 bits per heavy atom. The van der Waals surface area contributed by atoms with Crippen molar-refractivity contribution < 1.29 is 44.2 Å². The van der Waals surface area contributed by atoms with Gasteiger partial charge in [-0.3, -0.25) is 4.79 Å². The molecule has 1 atom stereocenters. The minimum atomic E-state index is -0.966. The number of esters is 1. The Labute approximate surface area is 237 Å². The van der Waals surface area contributed by atoms with E-state index in [1.165, 1.54) is 18.7 Å². The van der Waals surface area contributed by atoms with Gasteiger partial charge in [-0.15, -0.1) is 0 Å². The van der Waals surface area contributed by atoms with Crippen LogP contribution in [0, 0.1) is 0 Å². The SMILES string of the molecule is COc1cccc2c1cc([NH+](O)O)c1c(C(=O)O[C@H]3/C=C(/C=O)CC/C=C(\C)CC/C=C(\C)C3)cc3c(c12)OCO3. The van der Waals surface area contributed by atoms with Crippen LogP contribution in [0.4, 0.5) is 5.69 Å². The average molecular weight is 561 g/mol. The monoisotopic (exact) mass is 560 g/mol. The molecule has 1 heterocycles. The Morgan fingerprint density at radius 3 is 2.56 bits per heavy atom. The molecule has 3 aromatic rings. The molecule has 5 rings (SSSR count). The Morgan fingerprint density at radius 1 is 1.02 bits per heavy atom. The predicted octanol–water partition coefficient (Wildman–Crippen LogP) is 5.53. The van der Waals surface area contributed by atoms with Gasteiger partial charge in [0.1, 0.15) is 18.1 Å². The molecule has 2 aliphatic rings. The minimum Gasteiger partial charge on any atom is -0.496 e. The van der Waals surface area contributed by atoms with Crippen molar-refractivity contribution in [1.82, 2.24) is 0 Å². The second-order valence-corrected chi connectivity index (χ2v) is 10.4. The number of carbonyl (C=O) groups excluding carboxylic acids is 2. The zero-order valence-corrected chi connectivity index (χ0v) is 23.4. The molecule has 3 aromatic carbocycles. The topological polar surface area (TPSA) is 116 Å². The standard InChI is InChI=1S/C32H33NO8/c1-19-7-4-9-20(2)13-22(14-21(17-34)10-5-8-19)41-32(35)25-16-28-31(40-18-39-28)30-23-11-6-12-27(38-3)24(23)15-26(29(25)30)33(36)37/h6,8-9,11-12,14-17,22,36-37H,4-5,7,10,13,18H2,1-3H3/p+1/b19-8+,20-9+,21-14+/t22-/m1/s1. The van der Waals surface area contributed by atoms with Crippen molar-refractivity contribution >= 4 is 39.5 Å². The number of fused-ring (bicyclic) bond motifs is 5. The highest BCUT2D eigenvalue weighted by Gasteiger charge is 2.31. The average Bonchev–Trinajstić information content (AvgIpc) is 3.43. The number of hydrogen-bond acceptors (Lipinski definition) is 8. The Hall–Kier alpha value is -4.18. The van der Waals surface area contributed by atoms with Gasteiger partial charge in [-0.25, -0.2) is 4.79 Å². The molecule has 0 radical (unpaired) electrons. The molecule has 41 heavy (non-hydrogen) atoms. The van der Waals surface area contributed by atoms with E-state index in [1.807, 2.05) is 13.0 Å². The van der Waals surface area contributed by atoms with Crippen LogP contribution in [-0.4, -0.2) is 42.7 Å². The highest BCUT2D eigenvalue weighted by molar-refractivity contribution is 6.22. The highest BCUT2D eigenvalue weighted by Crippen LogP contribution is 2.48. The van der Waals surface area contributed by atoms with E-state index in [2.05, 4.69) is 19.1 Å². The van der Waals surface area contributed by atoms with Crippen molar-refractivity contribution in [3.8, 4) is 17.2 Å². The van der Waals surface area contributed by atoms with Gasteiger partial charge in [-0.1, -0.05) is 35.4 Å². The van der Waals surface area contributed by atoms with Crippen molar-refractivity contribution in [2.45, 2.75) is 52.1 Å². The van der Waals surface area contributed by atoms with Crippen LogP contribution in [0.5, 0.6) is 17.2 Å². The number of allylic oxidation sites excluding steroid dienone is 4. The second kappa shape index (κ2) is 12.1. The molecule has 0 unspecified atom stereocenters. The number of carbonyl (C=O) groups is 2. The van der Waals surface area contributed by atoms with Gasteiger partial charge < -0.3 is 18.9 Å². The van der Waals surface area contributed by atoms with Crippen LogP contribution in [0.25, 0.3) is 21.5 Å². The van der Waals surface area contributed by atoms with E-state index in [0.717, 1.165) is 31.1 Å². The first kappa shape index (κ1) is 28.4. The molecule has 0 amide bonds. The molecule has 9 nitrogen and oxygen atoms in total. The number of nitrogens with one attached hydrogen (secondary N) is 1. The Kier molecular flexibility index (Phi) is 8.39. The fourth-order valence-corrected chi connectivity index (χ4v) is 5.51. The third-order valence-corrected chi connectivity index (χ3v) is 7.53. The van der Waals surface area contributed by atoms with Crippen LogP contribution < -0.4 is 19.4 Å². The minimum absolute atomic E-state index is 0.0169. The summed E-state index contributed by atoms with van der Waals surface area (Å²) < 4.78 is 23.0. The van der Waals surface area contributed by atoms with Crippen LogP contribution >= 0.6 is 0 Å².